The van der Waals surface area contributed by atoms with Crippen LogP contribution in [-0.4, -0.2) is 8.42 Å². The molecule has 0 aliphatic heterocycles. The van der Waals surface area contributed by atoms with Crippen LogP contribution in [0, 0.1) is 5.82 Å². The molecule has 0 unspecified atom stereocenters. The molecule has 0 aliphatic carbocycles. The first kappa shape index (κ1) is 11.7. The molecule has 0 bridgehead atoms. The second-order valence-corrected chi connectivity index (χ2v) is 3.97. The number of nitrogens with two attached hydrogens (primary N) is 1. The van der Waals surface area contributed by atoms with E-state index < -0.39 is 16.1 Å². The summed E-state index contributed by atoms with van der Waals surface area (Å²) in [5.74, 6) is -0.465. The number of hydrogen-bond acceptors (Lipinski definition) is 3. The van der Waals surface area contributed by atoms with E-state index in [1.54, 1.807) is 0 Å². The van der Waals surface area contributed by atoms with Crippen LogP contribution in [0.25, 0.3) is 0 Å². The minimum atomic E-state index is -4.09. The molecule has 0 amide bonds. The molecule has 1 aromatic carbocycles. The third-order valence-corrected chi connectivity index (χ3v) is 2.00. The zero-order valence-corrected chi connectivity index (χ0v) is 8.63. The molecule has 0 aliphatic rings. The van der Waals surface area contributed by atoms with Gasteiger partial charge in [0.1, 0.15) is 11.6 Å². The molecule has 0 saturated heterocycles. The summed E-state index contributed by atoms with van der Waals surface area (Å²) in [5, 5.41) is 4.70. The number of hydrogen-bond donors (Lipinski definition) is 1. The summed E-state index contributed by atoms with van der Waals surface area (Å²) in [4.78, 5) is 0. The Morgan fingerprint density at radius 3 is 2.73 bits per heavy atom. The molecule has 6 heteroatoms. The summed E-state index contributed by atoms with van der Waals surface area (Å²) in [6.45, 7) is 3.46. The maximum atomic E-state index is 12.8. The van der Waals surface area contributed by atoms with Crippen LogP contribution in [0.1, 0.15) is 5.56 Å². The molecule has 0 heterocycles. The van der Waals surface area contributed by atoms with Crippen molar-refractivity contribution in [1.29, 1.82) is 0 Å². The van der Waals surface area contributed by atoms with Crippen molar-refractivity contribution in [1.82, 2.24) is 0 Å². The van der Waals surface area contributed by atoms with Gasteiger partial charge >= 0.3 is 10.3 Å². The Labute approximate surface area is 87.4 Å². The van der Waals surface area contributed by atoms with Gasteiger partial charge in [-0.25, -0.2) is 4.39 Å². The molecule has 0 saturated carbocycles. The van der Waals surface area contributed by atoms with Crippen LogP contribution < -0.4 is 9.32 Å². The van der Waals surface area contributed by atoms with Gasteiger partial charge in [0.2, 0.25) is 0 Å². The minimum Gasteiger partial charge on any atom is -0.371 e. The minimum absolute atomic E-state index is 0.0128. The standard InChI is InChI=1S/C9H10FNO3S/c1-2-3-7-6-8(10)4-5-9(7)14-15(11,12)13/h2,4-6H,1,3H2,(H2,11,12,13). The summed E-state index contributed by atoms with van der Waals surface area (Å²) in [6.07, 6.45) is 1.80. The van der Waals surface area contributed by atoms with Crippen LogP contribution in [0.15, 0.2) is 30.9 Å². The first-order chi connectivity index (χ1) is 6.92. The third kappa shape index (κ3) is 3.69. The number of halogens is 1. The molecular formula is C9H10FNO3S. The van der Waals surface area contributed by atoms with E-state index in [9.17, 15) is 12.8 Å². The zero-order valence-electron chi connectivity index (χ0n) is 7.81. The number of allylic oxidation sites excluding steroid dienone is 1. The predicted octanol–water partition coefficient (Wildman–Crippen LogP) is 1.14. The van der Waals surface area contributed by atoms with E-state index in [1.807, 2.05) is 0 Å². The Kier molecular flexibility index (Phi) is 3.43. The number of rotatable bonds is 4. The van der Waals surface area contributed by atoms with Gasteiger partial charge < -0.3 is 4.18 Å². The quantitative estimate of drug-likeness (QED) is 0.790. The van der Waals surface area contributed by atoms with Gasteiger partial charge in [0, 0.05) is 5.56 Å². The highest BCUT2D eigenvalue weighted by Crippen LogP contribution is 2.21. The van der Waals surface area contributed by atoms with Crippen molar-refractivity contribution in [3.63, 3.8) is 0 Å². The third-order valence-electron chi connectivity index (χ3n) is 1.59. The van der Waals surface area contributed by atoms with Crippen LogP contribution in [0.5, 0.6) is 5.75 Å². The van der Waals surface area contributed by atoms with E-state index >= 15 is 0 Å². The van der Waals surface area contributed by atoms with Crippen molar-refractivity contribution >= 4 is 10.3 Å². The molecule has 4 nitrogen and oxygen atoms in total. The topological polar surface area (TPSA) is 69.4 Å². The van der Waals surface area contributed by atoms with Gasteiger partial charge in [0.15, 0.2) is 0 Å². The molecular weight excluding hydrogens is 221 g/mol. The molecule has 0 atom stereocenters. The fourth-order valence-electron chi connectivity index (χ4n) is 1.07. The van der Waals surface area contributed by atoms with Crippen LogP contribution >= 0.6 is 0 Å². The Morgan fingerprint density at radius 2 is 2.20 bits per heavy atom. The average Bonchev–Trinajstić information content (AvgIpc) is 2.08. The zero-order chi connectivity index (χ0) is 11.5. The summed E-state index contributed by atoms with van der Waals surface area (Å²) in [6, 6.07) is 3.47. The molecule has 0 spiro atoms. The van der Waals surface area contributed by atoms with Gasteiger partial charge in [-0.2, -0.15) is 13.6 Å². The lowest BCUT2D eigenvalue weighted by Crippen LogP contribution is -2.19. The highest BCUT2D eigenvalue weighted by Gasteiger charge is 2.10. The van der Waals surface area contributed by atoms with E-state index in [1.165, 1.54) is 18.2 Å². The van der Waals surface area contributed by atoms with Gasteiger partial charge in [-0.1, -0.05) is 6.08 Å². The van der Waals surface area contributed by atoms with Gasteiger partial charge in [0.25, 0.3) is 0 Å². The van der Waals surface area contributed by atoms with Gasteiger partial charge in [0.05, 0.1) is 0 Å². The second-order valence-electron chi connectivity index (χ2n) is 2.82. The van der Waals surface area contributed by atoms with E-state index in [4.69, 9.17) is 5.14 Å². The van der Waals surface area contributed by atoms with Crippen molar-refractivity contribution in [2.75, 3.05) is 0 Å². The SMILES string of the molecule is C=CCc1cc(F)ccc1OS(N)(=O)=O. The Hall–Kier alpha value is -1.40. The molecule has 0 radical (unpaired) electrons. The lowest BCUT2D eigenvalue weighted by Gasteiger charge is -2.07. The molecule has 2 N–H and O–H groups in total. The predicted molar refractivity (Wildman–Crippen MR) is 54.0 cm³/mol. The molecule has 15 heavy (non-hydrogen) atoms. The summed E-state index contributed by atoms with van der Waals surface area (Å²) in [5.41, 5.74) is 0.374. The first-order valence-corrected chi connectivity index (χ1v) is 5.51. The molecule has 1 aromatic rings. The van der Waals surface area contributed by atoms with Crippen molar-refractivity contribution in [2.24, 2.45) is 5.14 Å². The fraction of sp³-hybridized carbons (Fsp3) is 0.111. The lowest BCUT2D eigenvalue weighted by molar-refractivity contribution is 0.483. The Balaban J connectivity index is 3.11. The summed E-state index contributed by atoms with van der Waals surface area (Å²) < 4.78 is 38.7. The van der Waals surface area contributed by atoms with E-state index in [0.29, 0.717) is 12.0 Å². The van der Waals surface area contributed by atoms with Crippen molar-refractivity contribution in [2.45, 2.75) is 6.42 Å². The summed E-state index contributed by atoms with van der Waals surface area (Å²) >= 11 is 0. The smallest absolute Gasteiger partial charge is 0.371 e. The fourth-order valence-corrected chi connectivity index (χ4v) is 1.48. The Morgan fingerprint density at radius 1 is 1.53 bits per heavy atom. The van der Waals surface area contributed by atoms with E-state index in [-0.39, 0.29) is 5.75 Å². The monoisotopic (exact) mass is 231 g/mol. The first-order valence-electron chi connectivity index (χ1n) is 4.04. The van der Waals surface area contributed by atoms with Gasteiger partial charge in [-0.15, -0.1) is 6.58 Å². The van der Waals surface area contributed by atoms with Crippen LogP contribution in [0.3, 0.4) is 0 Å². The Bertz CT molecular complexity index is 470. The highest BCUT2D eigenvalue weighted by molar-refractivity contribution is 7.84. The van der Waals surface area contributed by atoms with Crippen molar-refractivity contribution in [3.05, 3.63) is 42.2 Å². The van der Waals surface area contributed by atoms with Crippen LogP contribution in [0.4, 0.5) is 4.39 Å². The number of benzene rings is 1. The second kappa shape index (κ2) is 4.41. The van der Waals surface area contributed by atoms with Crippen LogP contribution in [-0.2, 0) is 16.7 Å². The molecule has 82 valence electrons. The summed E-state index contributed by atoms with van der Waals surface area (Å²) in [7, 11) is -4.09. The van der Waals surface area contributed by atoms with Crippen molar-refractivity contribution < 1.29 is 17.0 Å². The normalized spacial score (nSPS) is 11.1. The maximum Gasteiger partial charge on any atom is 0.380 e. The molecule has 0 aromatic heterocycles. The maximum absolute atomic E-state index is 12.8. The van der Waals surface area contributed by atoms with Crippen LogP contribution in [0.2, 0.25) is 0 Å². The average molecular weight is 231 g/mol. The highest BCUT2D eigenvalue weighted by atomic mass is 32.2. The molecule has 1 rings (SSSR count). The van der Waals surface area contributed by atoms with Gasteiger partial charge in [-0.3, -0.25) is 0 Å². The van der Waals surface area contributed by atoms with E-state index in [2.05, 4.69) is 10.8 Å². The molecule has 0 fully saturated rings. The largest absolute Gasteiger partial charge is 0.380 e. The van der Waals surface area contributed by atoms with E-state index in [0.717, 1.165) is 6.07 Å². The van der Waals surface area contributed by atoms with Gasteiger partial charge in [-0.05, 0) is 24.6 Å². The van der Waals surface area contributed by atoms with Crippen molar-refractivity contribution in [3.8, 4) is 5.75 Å². The lowest BCUT2D eigenvalue weighted by atomic mass is 10.1.